The molecule has 2 aromatic rings. The Bertz CT molecular complexity index is 599. The van der Waals surface area contributed by atoms with Crippen molar-refractivity contribution in [2.75, 3.05) is 17.6 Å². The SMILES string of the molecule is Cc1cccc(CCNc2ncnc(OC(C)C)c2N)c1. The molecular formula is C16H22N4O. The third kappa shape index (κ3) is 4.34. The first-order chi connectivity index (χ1) is 10.1. The summed E-state index contributed by atoms with van der Waals surface area (Å²) in [7, 11) is 0. The minimum Gasteiger partial charge on any atom is -0.473 e. The van der Waals surface area contributed by atoms with E-state index in [1.54, 1.807) is 0 Å². The Labute approximate surface area is 125 Å². The fourth-order valence-electron chi connectivity index (χ4n) is 2.03. The summed E-state index contributed by atoms with van der Waals surface area (Å²) in [4.78, 5) is 8.23. The normalized spacial score (nSPS) is 10.7. The van der Waals surface area contributed by atoms with Gasteiger partial charge in [-0.15, -0.1) is 0 Å². The average molecular weight is 286 g/mol. The number of nitrogen functional groups attached to an aromatic ring is 1. The first-order valence-corrected chi connectivity index (χ1v) is 7.13. The highest BCUT2D eigenvalue weighted by molar-refractivity contribution is 5.66. The second kappa shape index (κ2) is 6.92. The van der Waals surface area contributed by atoms with Crippen molar-refractivity contribution in [3.05, 3.63) is 41.7 Å². The van der Waals surface area contributed by atoms with Gasteiger partial charge in [0.2, 0.25) is 5.88 Å². The van der Waals surface area contributed by atoms with E-state index in [-0.39, 0.29) is 6.10 Å². The highest BCUT2D eigenvalue weighted by atomic mass is 16.5. The van der Waals surface area contributed by atoms with Crippen molar-refractivity contribution in [3.63, 3.8) is 0 Å². The number of aryl methyl sites for hydroxylation is 1. The lowest BCUT2D eigenvalue weighted by Gasteiger charge is -2.13. The minimum absolute atomic E-state index is 0.0299. The molecule has 3 N–H and O–H groups in total. The van der Waals surface area contributed by atoms with E-state index in [1.807, 2.05) is 13.8 Å². The van der Waals surface area contributed by atoms with Gasteiger partial charge in [0.15, 0.2) is 5.82 Å². The molecule has 112 valence electrons. The molecule has 0 aliphatic heterocycles. The Kier molecular flexibility index (Phi) is 4.98. The van der Waals surface area contributed by atoms with Crippen LogP contribution in [0.2, 0.25) is 0 Å². The van der Waals surface area contributed by atoms with E-state index < -0.39 is 0 Å². The second-order valence-electron chi connectivity index (χ2n) is 5.27. The number of benzene rings is 1. The van der Waals surface area contributed by atoms with Crippen molar-refractivity contribution >= 4 is 11.5 Å². The van der Waals surface area contributed by atoms with Gasteiger partial charge in [-0.05, 0) is 32.8 Å². The molecule has 1 aromatic heterocycles. The van der Waals surface area contributed by atoms with Gasteiger partial charge < -0.3 is 15.8 Å². The summed E-state index contributed by atoms with van der Waals surface area (Å²) in [5, 5.41) is 3.24. The van der Waals surface area contributed by atoms with E-state index in [0.717, 1.165) is 13.0 Å². The quantitative estimate of drug-likeness (QED) is 0.854. The van der Waals surface area contributed by atoms with Gasteiger partial charge in [-0.3, -0.25) is 0 Å². The average Bonchev–Trinajstić information content (AvgIpc) is 2.42. The molecule has 0 atom stereocenters. The van der Waals surface area contributed by atoms with Gasteiger partial charge in [-0.2, -0.15) is 4.98 Å². The van der Waals surface area contributed by atoms with Crippen LogP contribution in [0.1, 0.15) is 25.0 Å². The Morgan fingerprint density at radius 1 is 1.29 bits per heavy atom. The van der Waals surface area contributed by atoms with Gasteiger partial charge in [0.05, 0.1) is 6.10 Å². The molecule has 0 saturated carbocycles. The Morgan fingerprint density at radius 2 is 2.10 bits per heavy atom. The number of hydrogen-bond acceptors (Lipinski definition) is 5. The predicted molar refractivity (Wildman–Crippen MR) is 85.6 cm³/mol. The summed E-state index contributed by atoms with van der Waals surface area (Å²) in [5.41, 5.74) is 9.03. The number of aromatic nitrogens is 2. The molecule has 0 unspecified atom stereocenters. The molecule has 0 spiro atoms. The fraction of sp³-hybridized carbons (Fsp3) is 0.375. The van der Waals surface area contributed by atoms with E-state index in [0.29, 0.717) is 17.4 Å². The summed E-state index contributed by atoms with van der Waals surface area (Å²) >= 11 is 0. The van der Waals surface area contributed by atoms with Gasteiger partial charge in [-0.1, -0.05) is 29.8 Å². The summed E-state index contributed by atoms with van der Waals surface area (Å²) in [6.07, 6.45) is 2.40. The van der Waals surface area contributed by atoms with Gasteiger partial charge in [0.25, 0.3) is 0 Å². The molecule has 0 bridgehead atoms. The first-order valence-electron chi connectivity index (χ1n) is 7.13. The zero-order valence-electron chi connectivity index (χ0n) is 12.8. The van der Waals surface area contributed by atoms with Crippen molar-refractivity contribution in [3.8, 4) is 5.88 Å². The van der Waals surface area contributed by atoms with Crippen molar-refractivity contribution < 1.29 is 4.74 Å². The Morgan fingerprint density at radius 3 is 2.81 bits per heavy atom. The van der Waals surface area contributed by atoms with Gasteiger partial charge in [0.1, 0.15) is 12.0 Å². The van der Waals surface area contributed by atoms with Gasteiger partial charge in [0, 0.05) is 6.54 Å². The minimum atomic E-state index is 0.0299. The van der Waals surface area contributed by atoms with Crippen LogP contribution in [0.5, 0.6) is 5.88 Å². The highest BCUT2D eigenvalue weighted by Gasteiger charge is 2.10. The van der Waals surface area contributed by atoms with Crippen LogP contribution in [-0.2, 0) is 6.42 Å². The summed E-state index contributed by atoms with van der Waals surface area (Å²) in [6, 6.07) is 8.46. The molecule has 0 saturated heterocycles. The maximum Gasteiger partial charge on any atom is 0.242 e. The maximum atomic E-state index is 6.02. The molecule has 5 heteroatoms. The lowest BCUT2D eigenvalue weighted by molar-refractivity contribution is 0.234. The fourth-order valence-corrected chi connectivity index (χ4v) is 2.03. The van der Waals surface area contributed by atoms with E-state index >= 15 is 0 Å². The van der Waals surface area contributed by atoms with Gasteiger partial charge >= 0.3 is 0 Å². The zero-order chi connectivity index (χ0) is 15.2. The molecule has 1 aromatic carbocycles. The largest absolute Gasteiger partial charge is 0.473 e. The van der Waals surface area contributed by atoms with Crippen molar-refractivity contribution in [2.45, 2.75) is 33.3 Å². The van der Waals surface area contributed by atoms with Crippen molar-refractivity contribution in [1.82, 2.24) is 9.97 Å². The number of nitrogens with one attached hydrogen (secondary N) is 1. The molecule has 21 heavy (non-hydrogen) atoms. The third-order valence-corrected chi connectivity index (χ3v) is 2.98. The Balaban J connectivity index is 1.97. The smallest absolute Gasteiger partial charge is 0.242 e. The lowest BCUT2D eigenvalue weighted by atomic mass is 10.1. The predicted octanol–water partition coefficient (Wildman–Crippen LogP) is 2.81. The summed E-state index contributed by atoms with van der Waals surface area (Å²) in [5.74, 6) is 1.05. The van der Waals surface area contributed by atoms with E-state index in [9.17, 15) is 0 Å². The molecule has 0 amide bonds. The van der Waals surface area contributed by atoms with E-state index in [2.05, 4.69) is 46.5 Å². The number of nitrogens with zero attached hydrogens (tertiary/aromatic N) is 2. The molecule has 2 rings (SSSR count). The second-order valence-corrected chi connectivity index (χ2v) is 5.27. The summed E-state index contributed by atoms with van der Waals surface area (Å²) < 4.78 is 5.55. The molecule has 0 aliphatic carbocycles. The standard InChI is InChI=1S/C16H22N4O/c1-11(2)21-16-14(17)15(19-10-20-16)18-8-7-13-6-4-5-12(3)9-13/h4-6,9-11H,7-8,17H2,1-3H3,(H,18,19,20). The zero-order valence-corrected chi connectivity index (χ0v) is 12.8. The lowest BCUT2D eigenvalue weighted by Crippen LogP contribution is -2.13. The molecule has 0 aliphatic rings. The Hall–Kier alpha value is -2.30. The maximum absolute atomic E-state index is 6.02. The van der Waals surface area contributed by atoms with Crippen LogP contribution >= 0.6 is 0 Å². The van der Waals surface area contributed by atoms with Crippen LogP contribution in [0, 0.1) is 6.92 Å². The number of hydrogen-bond donors (Lipinski definition) is 2. The van der Waals surface area contributed by atoms with Crippen molar-refractivity contribution in [2.24, 2.45) is 0 Å². The van der Waals surface area contributed by atoms with Gasteiger partial charge in [-0.25, -0.2) is 4.98 Å². The van der Waals surface area contributed by atoms with Crippen LogP contribution in [0.4, 0.5) is 11.5 Å². The topological polar surface area (TPSA) is 73.1 Å². The molecule has 0 radical (unpaired) electrons. The summed E-state index contributed by atoms with van der Waals surface area (Å²) in [6.45, 7) is 6.72. The first kappa shape index (κ1) is 15.1. The van der Waals surface area contributed by atoms with Crippen LogP contribution in [0.25, 0.3) is 0 Å². The van der Waals surface area contributed by atoms with Crippen LogP contribution in [0.3, 0.4) is 0 Å². The molecule has 1 heterocycles. The van der Waals surface area contributed by atoms with E-state index in [1.165, 1.54) is 17.5 Å². The third-order valence-electron chi connectivity index (χ3n) is 2.98. The molecular weight excluding hydrogens is 264 g/mol. The van der Waals surface area contributed by atoms with Crippen LogP contribution in [-0.4, -0.2) is 22.6 Å². The number of anilines is 2. The number of rotatable bonds is 6. The number of ether oxygens (including phenoxy) is 1. The monoisotopic (exact) mass is 286 g/mol. The molecule has 0 fully saturated rings. The van der Waals surface area contributed by atoms with Crippen LogP contribution in [0.15, 0.2) is 30.6 Å². The molecule has 5 nitrogen and oxygen atoms in total. The highest BCUT2D eigenvalue weighted by Crippen LogP contribution is 2.25. The number of nitrogens with two attached hydrogens (primary N) is 1. The van der Waals surface area contributed by atoms with E-state index in [4.69, 9.17) is 10.5 Å². The van der Waals surface area contributed by atoms with Crippen LogP contribution < -0.4 is 15.8 Å². The van der Waals surface area contributed by atoms with Crippen molar-refractivity contribution in [1.29, 1.82) is 0 Å².